The molecule has 96 valence electrons. The maximum absolute atomic E-state index is 11.0. The van der Waals surface area contributed by atoms with Crippen LogP contribution in [0.25, 0.3) is 0 Å². The summed E-state index contributed by atoms with van der Waals surface area (Å²) in [6.07, 6.45) is 3.66. The Balaban J connectivity index is 2.59. The molecule has 2 unspecified atom stereocenters. The van der Waals surface area contributed by atoms with Crippen molar-refractivity contribution in [1.29, 1.82) is 0 Å². The third kappa shape index (κ3) is 3.32. The summed E-state index contributed by atoms with van der Waals surface area (Å²) in [7, 11) is 0. The molecule has 1 fully saturated rings. The van der Waals surface area contributed by atoms with Gasteiger partial charge in [0.25, 0.3) is 0 Å². The number of carboxylic acid groups (broad SMARTS) is 1. The van der Waals surface area contributed by atoms with Crippen molar-refractivity contribution in [3.63, 3.8) is 0 Å². The first-order chi connectivity index (χ1) is 7.76. The minimum absolute atomic E-state index is 0.0585. The molecular formula is C13H21NO3. The van der Waals surface area contributed by atoms with Gasteiger partial charge in [0, 0.05) is 0 Å². The van der Waals surface area contributed by atoms with Gasteiger partial charge in [-0.05, 0) is 37.7 Å². The van der Waals surface area contributed by atoms with E-state index in [4.69, 9.17) is 9.94 Å². The molecule has 0 bridgehead atoms. The van der Waals surface area contributed by atoms with Gasteiger partial charge in [-0.15, -0.1) is 0 Å². The normalized spacial score (nSPS) is 27.5. The van der Waals surface area contributed by atoms with Crippen molar-refractivity contribution in [2.75, 3.05) is 0 Å². The summed E-state index contributed by atoms with van der Waals surface area (Å²) in [5.74, 6) is -0.915. The van der Waals surface area contributed by atoms with Crippen LogP contribution in [0.5, 0.6) is 0 Å². The third-order valence-electron chi connectivity index (χ3n) is 3.15. The maximum atomic E-state index is 11.0. The first kappa shape index (κ1) is 13.7. The second-order valence-corrected chi connectivity index (χ2v) is 5.46. The van der Waals surface area contributed by atoms with Crippen LogP contribution in [0, 0.1) is 17.3 Å². The van der Waals surface area contributed by atoms with E-state index in [9.17, 15) is 4.79 Å². The van der Waals surface area contributed by atoms with Crippen molar-refractivity contribution in [2.45, 2.75) is 40.7 Å². The molecule has 1 rings (SSSR count). The molecule has 0 saturated heterocycles. The van der Waals surface area contributed by atoms with Gasteiger partial charge in [0.1, 0.15) is 6.10 Å². The Kier molecular flexibility index (Phi) is 3.96. The molecule has 1 aliphatic carbocycles. The van der Waals surface area contributed by atoms with Gasteiger partial charge in [0.05, 0.1) is 12.1 Å². The van der Waals surface area contributed by atoms with Gasteiger partial charge in [0.2, 0.25) is 0 Å². The lowest BCUT2D eigenvalue weighted by molar-refractivity contribution is -0.139. The van der Waals surface area contributed by atoms with E-state index < -0.39 is 5.97 Å². The molecule has 0 amide bonds. The summed E-state index contributed by atoms with van der Waals surface area (Å²) in [4.78, 5) is 16.0. The molecule has 4 nitrogen and oxygen atoms in total. The molecule has 0 aliphatic heterocycles. The van der Waals surface area contributed by atoms with Gasteiger partial charge >= 0.3 is 5.97 Å². The second-order valence-electron chi connectivity index (χ2n) is 5.46. The summed E-state index contributed by atoms with van der Waals surface area (Å²) in [5, 5.41) is 12.9. The summed E-state index contributed by atoms with van der Waals surface area (Å²) in [6, 6.07) is 0. The summed E-state index contributed by atoms with van der Waals surface area (Å²) in [5.41, 5.74) is 0.785. The minimum Gasteiger partial charge on any atom is -0.481 e. The Hall–Kier alpha value is -1.32. The molecule has 4 heteroatoms. The van der Waals surface area contributed by atoms with Crippen LogP contribution in [0.15, 0.2) is 16.8 Å². The number of allylic oxidation sites excluding steroid dienone is 2. The second kappa shape index (κ2) is 4.90. The molecule has 0 spiro atoms. The maximum Gasteiger partial charge on any atom is 0.307 e. The Morgan fingerprint density at radius 1 is 1.47 bits per heavy atom. The van der Waals surface area contributed by atoms with E-state index in [2.05, 4.69) is 5.16 Å². The van der Waals surface area contributed by atoms with Gasteiger partial charge in [0.15, 0.2) is 0 Å². The zero-order chi connectivity index (χ0) is 13.2. The largest absolute Gasteiger partial charge is 0.481 e. The fraction of sp³-hybridized carbons (Fsp3) is 0.692. The monoisotopic (exact) mass is 239 g/mol. The molecule has 0 aromatic carbocycles. The van der Waals surface area contributed by atoms with Crippen molar-refractivity contribution < 1.29 is 14.7 Å². The van der Waals surface area contributed by atoms with E-state index in [1.807, 2.05) is 40.7 Å². The van der Waals surface area contributed by atoms with Crippen molar-refractivity contribution >= 4 is 12.2 Å². The lowest BCUT2D eigenvalue weighted by Crippen LogP contribution is -2.03. The minimum atomic E-state index is -0.723. The van der Waals surface area contributed by atoms with Gasteiger partial charge in [-0.25, -0.2) is 0 Å². The van der Waals surface area contributed by atoms with Crippen molar-refractivity contribution in [1.82, 2.24) is 0 Å². The van der Waals surface area contributed by atoms with Crippen molar-refractivity contribution in [3.8, 4) is 0 Å². The Bertz CT molecular complexity index is 356. The number of rotatable bonds is 5. The smallest absolute Gasteiger partial charge is 0.307 e. The summed E-state index contributed by atoms with van der Waals surface area (Å²) < 4.78 is 0. The number of hydrogen-bond donors (Lipinski definition) is 1. The highest BCUT2D eigenvalue weighted by molar-refractivity contribution is 5.80. The van der Waals surface area contributed by atoms with Crippen LogP contribution in [0.2, 0.25) is 0 Å². The lowest BCUT2D eigenvalue weighted by atomic mass is 10.1. The van der Waals surface area contributed by atoms with Crippen molar-refractivity contribution in [3.05, 3.63) is 11.6 Å². The first-order valence-electron chi connectivity index (χ1n) is 5.87. The summed E-state index contributed by atoms with van der Waals surface area (Å²) >= 11 is 0. The first-order valence-corrected chi connectivity index (χ1v) is 5.87. The molecule has 1 saturated carbocycles. The van der Waals surface area contributed by atoms with E-state index in [1.165, 1.54) is 0 Å². The molecule has 2 atom stereocenters. The molecule has 17 heavy (non-hydrogen) atoms. The average Bonchev–Trinajstić information content (AvgIpc) is 2.67. The topological polar surface area (TPSA) is 58.9 Å². The highest BCUT2D eigenvalue weighted by atomic mass is 16.6. The Labute approximate surface area is 102 Å². The van der Waals surface area contributed by atoms with Crippen LogP contribution >= 0.6 is 0 Å². The van der Waals surface area contributed by atoms with E-state index in [1.54, 1.807) is 6.21 Å². The third-order valence-corrected chi connectivity index (χ3v) is 3.15. The standard InChI is InChI=1S/C13H21NO3/c1-8(2)17-14-7-9(3)6-10-11(12(15)16)13(10,4)5/h6-8,10-11H,1-5H3,(H,15,16). The number of oxime groups is 1. The van der Waals surface area contributed by atoms with E-state index in [0.29, 0.717) is 0 Å². The average molecular weight is 239 g/mol. The van der Waals surface area contributed by atoms with Crippen LogP contribution in [0.3, 0.4) is 0 Å². The van der Waals surface area contributed by atoms with Crippen molar-refractivity contribution in [2.24, 2.45) is 22.4 Å². The predicted molar refractivity (Wildman–Crippen MR) is 66.9 cm³/mol. The predicted octanol–water partition coefficient (Wildman–Crippen LogP) is 2.70. The van der Waals surface area contributed by atoms with E-state index >= 15 is 0 Å². The molecule has 0 radical (unpaired) electrons. The highest BCUT2D eigenvalue weighted by Crippen LogP contribution is 2.59. The number of carbonyl (C=O) groups is 1. The quantitative estimate of drug-likeness (QED) is 0.592. The molecular weight excluding hydrogens is 218 g/mol. The number of aliphatic carboxylic acids is 1. The van der Waals surface area contributed by atoms with Gasteiger partial charge in [-0.3, -0.25) is 4.79 Å². The van der Waals surface area contributed by atoms with Crippen LogP contribution in [-0.2, 0) is 9.63 Å². The van der Waals surface area contributed by atoms with Crippen LogP contribution in [-0.4, -0.2) is 23.4 Å². The Morgan fingerprint density at radius 2 is 2.06 bits per heavy atom. The van der Waals surface area contributed by atoms with Gasteiger partial charge in [-0.1, -0.05) is 25.1 Å². The number of hydrogen-bond acceptors (Lipinski definition) is 3. The fourth-order valence-electron chi connectivity index (χ4n) is 2.02. The van der Waals surface area contributed by atoms with Gasteiger partial charge < -0.3 is 9.94 Å². The van der Waals surface area contributed by atoms with Crippen LogP contribution in [0.1, 0.15) is 34.6 Å². The fourth-order valence-corrected chi connectivity index (χ4v) is 2.02. The number of carboxylic acids is 1. The molecule has 1 N–H and O–H groups in total. The molecule has 0 aromatic heterocycles. The molecule has 0 heterocycles. The molecule has 1 aliphatic rings. The van der Waals surface area contributed by atoms with Crippen LogP contribution in [0.4, 0.5) is 0 Å². The highest BCUT2D eigenvalue weighted by Gasteiger charge is 2.60. The summed E-state index contributed by atoms with van der Waals surface area (Å²) in [6.45, 7) is 9.66. The SMILES string of the molecule is CC(C=NOC(C)C)=CC1C(C(=O)O)C1(C)C. The zero-order valence-corrected chi connectivity index (χ0v) is 11.1. The van der Waals surface area contributed by atoms with E-state index in [-0.39, 0.29) is 23.4 Å². The lowest BCUT2D eigenvalue weighted by Gasteiger charge is -2.00. The zero-order valence-electron chi connectivity index (χ0n) is 11.1. The number of nitrogens with zero attached hydrogens (tertiary/aromatic N) is 1. The van der Waals surface area contributed by atoms with E-state index in [0.717, 1.165) is 5.57 Å². The Morgan fingerprint density at radius 3 is 2.47 bits per heavy atom. The van der Waals surface area contributed by atoms with Gasteiger partial charge in [-0.2, -0.15) is 0 Å². The molecule has 0 aromatic rings. The van der Waals surface area contributed by atoms with Crippen LogP contribution < -0.4 is 0 Å².